The number of aryl methyl sites for hydroxylation is 2. The van der Waals surface area contributed by atoms with Gasteiger partial charge in [-0.05, 0) is 37.1 Å². The molecule has 6 nitrogen and oxygen atoms in total. The summed E-state index contributed by atoms with van der Waals surface area (Å²) in [5.41, 5.74) is 3.87. The predicted molar refractivity (Wildman–Crippen MR) is 93.5 cm³/mol. The van der Waals surface area contributed by atoms with Crippen LogP contribution in [0.1, 0.15) is 25.7 Å². The molecule has 4 rings (SSSR count). The monoisotopic (exact) mass is 320 g/mol. The first-order valence-corrected chi connectivity index (χ1v) is 8.48. The maximum absolute atomic E-state index is 4.48. The van der Waals surface area contributed by atoms with Gasteiger partial charge in [-0.25, -0.2) is 0 Å². The van der Waals surface area contributed by atoms with Crippen LogP contribution in [0.15, 0.2) is 48.5 Å². The molecular weight excluding hydrogens is 300 g/mol. The van der Waals surface area contributed by atoms with Gasteiger partial charge in [-0.2, -0.15) is 30.0 Å². The van der Waals surface area contributed by atoms with Crippen molar-refractivity contribution in [2.24, 2.45) is 0 Å². The first-order chi connectivity index (χ1) is 11.9. The summed E-state index contributed by atoms with van der Waals surface area (Å²) in [5, 5.41) is 17.9. The van der Waals surface area contributed by atoms with E-state index in [0.717, 1.165) is 48.0 Å². The summed E-state index contributed by atoms with van der Waals surface area (Å²) in [6.45, 7) is 1.75. The van der Waals surface area contributed by atoms with Gasteiger partial charge in [0.2, 0.25) is 0 Å². The van der Waals surface area contributed by atoms with Crippen LogP contribution in [0.25, 0.3) is 22.1 Å². The molecule has 0 saturated carbocycles. The summed E-state index contributed by atoms with van der Waals surface area (Å²) < 4.78 is 0. The highest BCUT2D eigenvalue weighted by atomic mass is 15.5. The van der Waals surface area contributed by atoms with Crippen molar-refractivity contribution >= 4 is 22.1 Å². The minimum atomic E-state index is 0.874. The fraction of sp³-hybridized carbons (Fsp3) is 0.333. The standard InChI is InChI=1S/C18H20N6/c1(7-13-23-19-15-9-3-4-10-16(15)20-23)2-8-14-24-21-17-11-5-6-12-18(17)22-24/h3-6,9-12H,1-2,7-8,13-14H2. The SMILES string of the molecule is c1ccc2nn(CCCCCCn3nc4ccccc4n3)nc2c1. The normalized spacial score (nSPS) is 11.5. The summed E-state index contributed by atoms with van der Waals surface area (Å²) in [5.74, 6) is 0. The Bertz CT molecular complexity index is 795. The molecule has 0 amide bonds. The Labute approximate surface area is 140 Å². The van der Waals surface area contributed by atoms with E-state index >= 15 is 0 Å². The maximum Gasteiger partial charge on any atom is 0.113 e. The highest BCUT2D eigenvalue weighted by molar-refractivity contribution is 5.73. The van der Waals surface area contributed by atoms with Gasteiger partial charge < -0.3 is 0 Å². The van der Waals surface area contributed by atoms with Gasteiger partial charge in [0.1, 0.15) is 22.1 Å². The van der Waals surface area contributed by atoms with Crippen LogP contribution in [0.5, 0.6) is 0 Å². The van der Waals surface area contributed by atoms with Gasteiger partial charge in [-0.1, -0.05) is 37.1 Å². The van der Waals surface area contributed by atoms with Crippen molar-refractivity contribution in [1.82, 2.24) is 30.0 Å². The fourth-order valence-corrected chi connectivity index (χ4v) is 2.87. The van der Waals surface area contributed by atoms with E-state index in [1.54, 1.807) is 0 Å². The summed E-state index contributed by atoms with van der Waals surface area (Å²) in [7, 11) is 0. The van der Waals surface area contributed by atoms with E-state index in [1.165, 1.54) is 12.8 Å². The Hall–Kier alpha value is -2.76. The third-order valence-electron chi connectivity index (χ3n) is 4.12. The molecule has 2 heterocycles. The Morgan fingerprint density at radius 2 is 0.833 bits per heavy atom. The van der Waals surface area contributed by atoms with Crippen molar-refractivity contribution in [2.75, 3.05) is 0 Å². The molecule has 0 spiro atoms. The Kier molecular flexibility index (Phi) is 4.18. The molecule has 0 atom stereocenters. The van der Waals surface area contributed by atoms with Crippen LogP contribution in [-0.4, -0.2) is 30.0 Å². The number of nitrogens with zero attached hydrogens (tertiary/aromatic N) is 6. The third-order valence-corrected chi connectivity index (χ3v) is 4.12. The Morgan fingerprint density at radius 1 is 0.500 bits per heavy atom. The Balaban J connectivity index is 1.20. The largest absolute Gasteiger partial charge is 0.184 e. The summed E-state index contributed by atoms with van der Waals surface area (Å²) in [4.78, 5) is 3.62. The van der Waals surface area contributed by atoms with E-state index in [4.69, 9.17) is 0 Å². The van der Waals surface area contributed by atoms with Crippen molar-refractivity contribution in [3.8, 4) is 0 Å². The number of rotatable bonds is 7. The van der Waals surface area contributed by atoms with Crippen molar-refractivity contribution in [1.29, 1.82) is 0 Å². The van der Waals surface area contributed by atoms with Crippen LogP contribution in [-0.2, 0) is 13.1 Å². The number of hydrogen-bond donors (Lipinski definition) is 0. The summed E-state index contributed by atoms with van der Waals surface area (Å²) in [6.07, 6.45) is 4.52. The van der Waals surface area contributed by atoms with Crippen LogP contribution >= 0.6 is 0 Å². The number of unbranched alkanes of at least 4 members (excludes halogenated alkanes) is 3. The average Bonchev–Trinajstić information content (AvgIpc) is 3.20. The van der Waals surface area contributed by atoms with Gasteiger partial charge in [0, 0.05) is 0 Å². The lowest BCUT2D eigenvalue weighted by Crippen LogP contribution is -2.04. The quantitative estimate of drug-likeness (QED) is 0.489. The average molecular weight is 320 g/mol. The second-order valence-electron chi connectivity index (χ2n) is 5.98. The van der Waals surface area contributed by atoms with Crippen molar-refractivity contribution in [3.05, 3.63) is 48.5 Å². The van der Waals surface area contributed by atoms with Crippen molar-refractivity contribution in [3.63, 3.8) is 0 Å². The summed E-state index contributed by atoms with van der Waals surface area (Å²) >= 11 is 0. The maximum atomic E-state index is 4.48. The molecule has 0 bridgehead atoms. The van der Waals surface area contributed by atoms with E-state index in [1.807, 2.05) is 58.1 Å². The molecule has 0 N–H and O–H groups in total. The second-order valence-corrected chi connectivity index (χ2v) is 5.98. The molecule has 6 heteroatoms. The first kappa shape index (κ1) is 14.8. The molecule has 2 aromatic carbocycles. The molecule has 24 heavy (non-hydrogen) atoms. The van der Waals surface area contributed by atoms with Gasteiger partial charge in [0.25, 0.3) is 0 Å². The lowest BCUT2D eigenvalue weighted by molar-refractivity contribution is 0.461. The van der Waals surface area contributed by atoms with Crippen LogP contribution in [0.3, 0.4) is 0 Å². The molecule has 0 fully saturated rings. The van der Waals surface area contributed by atoms with Gasteiger partial charge in [-0.3, -0.25) is 0 Å². The van der Waals surface area contributed by atoms with E-state index < -0.39 is 0 Å². The minimum Gasteiger partial charge on any atom is -0.184 e. The van der Waals surface area contributed by atoms with Gasteiger partial charge in [0.15, 0.2) is 0 Å². The first-order valence-electron chi connectivity index (χ1n) is 8.48. The molecule has 2 aromatic heterocycles. The van der Waals surface area contributed by atoms with Crippen LogP contribution in [0.2, 0.25) is 0 Å². The third kappa shape index (κ3) is 3.27. The zero-order valence-corrected chi connectivity index (χ0v) is 13.5. The number of benzene rings is 2. The highest BCUT2D eigenvalue weighted by Gasteiger charge is 2.02. The molecule has 122 valence electrons. The van der Waals surface area contributed by atoms with Crippen molar-refractivity contribution in [2.45, 2.75) is 38.8 Å². The second kappa shape index (κ2) is 6.78. The predicted octanol–water partition coefficient (Wildman–Crippen LogP) is 3.44. The molecule has 4 aromatic rings. The smallest absolute Gasteiger partial charge is 0.113 e. The topological polar surface area (TPSA) is 61.4 Å². The zero-order valence-electron chi connectivity index (χ0n) is 13.5. The van der Waals surface area contributed by atoms with Crippen LogP contribution in [0.4, 0.5) is 0 Å². The molecule has 0 aliphatic heterocycles. The molecule has 0 unspecified atom stereocenters. The zero-order chi connectivity index (χ0) is 16.2. The Morgan fingerprint density at radius 3 is 1.17 bits per heavy atom. The van der Waals surface area contributed by atoms with Gasteiger partial charge >= 0.3 is 0 Å². The molecule has 0 aliphatic rings. The van der Waals surface area contributed by atoms with Gasteiger partial charge in [0.05, 0.1) is 13.1 Å². The van der Waals surface area contributed by atoms with E-state index in [2.05, 4.69) is 20.4 Å². The molecular formula is C18H20N6. The van der Waals surface area contributed by atoms with Crippen LogP contribution in [0, 0.1) is 0 Å². The molecule has 0 aliphatic carbocycles. The summed E-state index contributed by atoms with van der Waals surface area (Å²) in [6, 6.07) is 16.0. The number of aromatic nitrogens is 6. The minimum absolute atomic E-state index is 0.874. The fourth-order valence-electron chi connectivity index (χ4n) is 2.87. The van der Waals surface area contributed by atoms with E-state index in [9.17, 15) is 0 Å². The van der Waals surface area contributed by atoms with Crippen molar-refractivity contribution < 1.29 is 0 Å². The molecule has 0 radical (unpaired) electrons. The lowest BCUT2D eigenvalue weighted by Gasteiger charge is -2.01. The van der Waals surface area contributed by atoms with E-state index in [0.29, 0.717) is 0 Å². The van der Waals surface area contributed by atoms with E-state index in [-0.39, 0.29) is 0 Å². The number of fused-ring (bicyclic) bond motifs is 2. The number of hydrogen-bond acceptors (Lipinski definition) is 4. The molecule has 0 saturated heterocycles. The van der Waals surface area contributed by atoms with Gasteiger partial charge in [-0.15, -0.1) is 0 Å². The van der Waals surface area contributed by atoms with Crippen LogP contribution < -0.4 is 0 Å². The highest BCUT2D eigenvalue weighted by Crippen LogP contribution is 2.10. The lowest BCUT2D eigenvalue weighted by atomic mass is 10.2.